The van der Waals surface area contributed by atoms with Gasteiger partial charge in [-0.1, -0.05) is 11.2 Å². The lowest BCUT2D eigenvalue weighted by atomic mass is 10.1. The summed E-state index contributed by atoms with van der Waals surface area (Å²) in [6, 6.07) is 8.86. The molecule has 3 rings (SSSR count). The van der Waals surface area contributed by atoms with E-state index in [4.69, 9.17) is 9.26 Å². The van der Waals surface area contributed by atoms with Crippen LogP contribution in [-0.2, 0) is 20.9 Å². The number of hydrogen-bond donors (Lipinski definition) is 1. The van der Waals surface area contributed by atoms with Crippen molar-refractivity contribution in [1.29, 1.82) is 0 Å². The lowest BCUT2D eigenvalue weighted by Gasteiger charge is -2.15. The highest BCUT2D eigenvalue weighted by molar-refractivity contribution is 7.10. The summed E-state index contributed by atoms with van der Waals surface area (Å²) in [4.78, 5) is 28.4. The van der Waals surface area contributed by atoms with Crippen LogP contribution in [-0.4, -0.2) is 22.0 Å². The molecule has 2 aromatic heterocycles. The Labute approximate surface area is 158 Å². The first-order valence-corrected chi connectivity index (χ1v) is 8.94. The molecular weight excluding hydrogens is 373 g/mol. The van der Waals surface area contributed by atoms with Gasteiger partial charge in [-0.25, -0.2) is 4.39 Å². The van der Waals surface area contributed by atoms with Crippen molar-refractivity contribution in [2.45, 2.75) is 26.0 Å². The first kappa shape index (κ1) is 18.7. The minimum atomic E-state index is -0.510. The number of hydrogen-bond acceptors (Lipinski definition) is 7. The third kappa shape index (κ3) is 5.20. The van der Waals surface area contributed by atoms with Crippen LogP contribution in [0.4, 0.5) is 4.39 Å². The molecule has 0 unspecified atom stereocenters. The highest BCUT2D eigenvalue weighted by Crippen LogP contribution is 2.23. The molecular formula is C18H16FN3O4S. The van der Waals surface area contributed by atoms with Crippen LogP contribution in [0.15, 0.2) is 46.3 Å². The van der Waals surface area contributed by atoms with Crippen LogP contribution in [0.25, 0.3) is 11.4 Å². The number of benzene rings is 1. The minimum absolute atomic E-state index is 0.0148. The first-order chi connectivity index (χ1) is 13.0. The zero-order valence-corrected chi connectivity index (χ0v) is 15.2. The number of ether oxygens (including phenoxy) is 1. The maximum Gasteiger partial charge on any atom is 0.308 e. The summed E-state index contributed by atoms with van der Waals surface area (Å²) >= 11 is 1.44. The van der Waals surface area contributed by atoms with Crippen molar-refractivity contribution >= 4 is 23.2 Å². The van der Waals surface area contributed by atoms with E-state index in [0.717, 1.165) is 4.88 Å². The van der Waals surface area contributed by atoms with Gasteiger partial charge in [0.25, 0.3) is 5.89 Å². The van der Waals surface area contributed by atoms with Gasteiger partial charge in [-0.05, 0) is 35.7 Å². The number of nitrogens with zero attached hydrogens (tertiary/aromatic N) is 2. The van der Waals surface area contributed by atoms with Gasteiger partial charge in [-0.2, -0.15) is 4.98 Å². The molecule has 1 aromatic carbocycles. The summed E-state index contributed by atoms with van der Waals surface area (Å²) in [7, 11) is 0. The molecule has 0 spiro atoms. The molecule has 140 valence electrons. The molecule has 0 saturated heterocycles. The Bertz CT molecular complexity index is 909. The van der Waals surface area contributed by atoms with Crippen molar-refractivity contribution in [1.82, 2.24) is 15.5 Å². The van der Waals surface area contributed by atoms with Gasteiger partial charge >= 0.3 is 5.97 Å². The molecule has 2 heterocycles. The summed E-state index contributed by atoms with van der Waals surface area (Å²) in [5.41, 5.74) is 0.584. The van der Waals surface area contributed by atoms with Gasteiger partial charge in [0.1, 0.15) is 5.82 Å². The Balaban J connectivity index is 1.57. The molecule has 7 nitrogen and oxygen atoms in total. The van der Waals surface area contributed by atoms with Crippen molar-refractivity contribution in [2.24, 2.45) is 0 Å². The van der Waals surface area contributed by atoms with E-state index < -0.39 is 12.0 Å². The number of rotatable bonds is 7. The SMILES string of the molecule is CC(=O)N[C@@H](CC(=O)OCc1nc(-c2ccc(F)cc2)no1)c1cccs1. The number of nitrogens with one attached hydrogen (secondary N) is 1. The molecule has 1 atom stereocenters. The predicted molar refractivity (Wildman–Crippen MR) is 95.0 cm³/mol. The number of esters is 1. The second kappa shape index (κ2) is 8.54. The minimum Gasteiger partial charge on any atom is -0.455 e. The van der Waals surface area contributed by atoms with E-state index in [2.05, 4.69) is 15.5 Å². The van der Waals surface area contributed by atoms with Crippen LogP contribution < -0.4 is 5.32 Å². The van der Waals surface area contributed by atoms with Crippen molar-refractivity contribution < 1.29 is 23.2 Å². The van der Waals surface area contributed by atoms with E-state index in [1.807, 2.05) is 17.5 Å². The van der Waals surface area contributed by atoms with E-state index in [0.29, 0.717) is 5.56 Å². The zero-order chi connectivity index (χ0) is 19.2. The maximum absolute atomic E-state index is 13.0. The summed E-state index contributed by atoms with van der Waals surface area (Å²) in [5.74, 6) is -0.716. The van der Waals surface area contributed by atoms with Crippen LogP contribution in [0.1, 0.15) is 30.2 Å². The van der Waals surface area contributed by atoms with Crippen molar-refractivity contribution in [3.05, 3.63) is 58.4 Å². The van der Waals surface area contributed by atoms with Gasteiger partial charge in [0, 0.05) is 17.4 Å². The topological polar surface area (TPSA) is 94.3 Å². The molecule has 9 heteroatoms. The summed E-state index contributed by atoms with van der Waals surface area (Å²) in [6.07, 6.45) is -0.0148. The van der Waals surface area contributed by atoms with Gasteiger partial charge in [-0.3, -0.25) is 9.59 Å². The van der Waals surface area contributed by atoms with Crippen molar-refractivity contribution in [3.8, 4) is 11.4 Å². The van der Waals surface area contributed by atoms with Crippen molar-refractivity contribution in [3.63, 3.8) is 0 Å². The Kier molecular flexibility index (Phi) is 5.92. The average molecular weight is 389 g/mol. The Morgan fingerprint density at radius 1 is 1.30 bits per heavy atom. The van der Waals surface area contributed by atoms with E-state index in [1.54, 1.807) is 0 Å². The third-order valence-electron chi connectivity index (χ3n) is 3.56. The first-order valence-electron chi connectivity index (χ1n) is 8.06. The fourth-order valence-corrected chi connectivity index (χ4v) is 3.13. The molecule has 1 amide bonds. The molecule has 0 saturated carbocycles. The molecule has 27 heavy (non-hydrogen) atoms. The Morgan fingerprint density at radius 2 is 2.07 bits per heavy atom. The van der Waals surface area contributed by atoms with E-state index >= 15 is 0 Å². The number of thiophene rings is 1. The van der Waals surface area contributed by atoms with Crippen LogP contribution in [0.2, 0.25) is 0 Å². The number of aromatic nitrogens is 2. The molecule has 3 aromatic rings. The smallest absolute Gasteiger partial charge is 0.308 e. The number of halogens is 1. The lowest BCUT2D eigenvalue weighted by molar-refractivity contribution is -0.146. The number of carbonyl (C=O) groups excluding carboxylic acids is 2. The van der Waals surface area contributed by atoms with Gasteiger partial charge < -0.3 is 14.6 Å². The van der Waals surface area contributed by atoms with Crippen LogP contribution in [0, 0.1) is 5.82 Å². The average Bonchev–Trinajstić information content (AvgIpc) is 3.32. The van der Waals surface area contributed by atoms with Gasteiger partial charge in [-0.15, -0.1) is 11.3 Å². The van der Waals surface area contributed by atoms with E-state index in [1.165, 1.54) is 42.5 Å². The molecule has 0 aliphatic heterocycles. The largest absolute Gasteiger partial charge is 0.455 e. The molecule has 0 fully saturated rings. The lowest BCUT2D eigenvalue weighted by Crippen LogP contribution is -2.28. The second-order valence-electron chi connectivity index (χ2n) is 5.65. The fourth-order valence-electron chi connectivity index (χ4n) is 2.36. The highest BCUT2D eigenvalue weighted by atomic mass is 32.1. The van der Waals surface area contributed by atoms with Gasteiger partial charge in [0.15, 0.2) is 6.61 Å². The summed E-state index contributed by atoms with van der Waals surface area (Å²) in [5, 5.41) is 8.38. The molecule has 0 bridgehead atoms. The van der Waals surface area contributed by atoms with Gasteiger partial charge in [0.2, 0.25) is 11.7 Å². The van der Waals surface area contributed by atoms with E-state index in [-0.39, 0.29) is 36.5 Å². The number of carbonyl (C=O) groups is 2. The number of amides is 1. The molecule has 1 N–H and O–H groups in total. The highest BCUT2D eigenvalue weighted by Gasteiger charge is 2.20. The third-order valence-corrected chi connectivity index (χ3v) is 4.55. The van der Waals surface area contributed by atoms with Crippen LogP contribution in [0.5, 0.6) is 0 Å². The zero-order valence-electron chi connectivity index (χ0n) is 14.3. The van der Waals surface area contributed by atoms with Crippen molar-refractivity contribution in [2.75, 3.05) is 0 Å². The van der Waals surface area contributed by atoms with Crippen LogP contribution in [0.3, 0.4) is 0 Å². The van der Waals surface area contributed by atoms with E-state index in [9.17, 15) is 14.0 Å². The van der Waals surface area contributed by atoms with Crippen LogP contribution >= 0.6 is 11.3 Å². The normalized spacial score (nSPS) is 11.8. The quantitative estimate of drug-likeness (QED) is 0.624. The summed E-state index contributed by atoms with van der Waals surface area (Å²) < 4.78 is 23.2. The molecule has 0 radical (unpaired) electrons. The molecule has 0 aliphatic rings. The monoisotopic (exact) mass is 389 g/mol. The standard InChI is InChI=1S/C18H16FN3O4S/c1-11(23)20-14(15-3-2-8-27-15)9-17(24)25-10-16-21-18(22-26-16)12-4-6-13(19)7-5-12/h2-8,14H,9-10H2,1H3,(H,20,23)/t14-/m0/s1. The second-order valence-corrected chi connectivity index (χ2v) is 6.63. The fraction of sp³-hybridized carbons (Fsp3) is 0.222. The Morgan fingerprint density at radius 3 is 2.74 bits per heavy atom. The Hall–Kier alpha value is -3.07. The summed E-state index contributed by atoms with van der Waals surface area (Å²) in [6.45, 7) is 1.20. The predicted octanol–water partition coefficient (Wildman–Crippen LogP) is 3.25. The molecule has 0 aliphatic carbocycles. The van der Waals surface area contributed by atoms with Gasteiger partial charge in [0.05, 0.1) is 12.5 Å². The maximum atomic E-state index is 13.0.